The first kappa shape index (κ1) is 31.5. The average molecular weight is 592 g/mol. The fraction of sp³-hybridized carbons (Fsp3) is 0.485. The average Bonchev–Trinajstić information content (AvgIpc) is 3.66. The number of ether oxygens (including phenoxy) is 1. The molecule has 0 amide bonds. The Kier molecular flexibility index (Phi) is 9.90. The Morgan fingerprint density at radius 2 is 2.05 bits per heavy atom. The highest BCUT2D eigenvalue weighted by molar-refractivity contribution is 7.23. The predicted molar refractivity (Wildman–Crippen MR) is 171 cm³/mol. The van der Waals surface area contributed by atoms with Gasteiger partial charge in [0.15, 0.2) is 5.82 Å². The van der Waals surface area contributed by atoms with Crippen molar-refractivity contribution in [1.29, 1.82) is 5.26 Å². The number of phenols is 1. The number of pyridine rings is 1. The van der Waals surface area contributed by atoms with Crippen molar-refractivity contribution in [3.05, 3.63) is 39.1 Å². The van der Waals surface area contributed by atoms with Crippen LogP contribution in [0.2, 0.25) is 0 Å². The third-order valence-electron chi connectivity index (χ3n) is 7.90. The lowest BCUT2D eigenvalue weighted by Gasteiger charge is -2.17. The van der Waals surface area contributed by atoms with E-state index in [-0.39, 0.29) is 27.6 Å². The van der Waals surface area contributed by atoms with Crippen molar-refractivity contribution >= 4 is 44.0 Å². The zero-order valence-electron chi connectivity index (χ0n) is 25.8. The minimum Gasteiger partial charge on any atom is -0.507 e. The lowest BCUT2D eigenvalue weighted by atomic mass is 9.92. The summed E-state index contributed by atoms with van der Waals surface area (Å²) in [6.07, 6.45) is 6.78. The minimum atomic E-state index is -0.552. The summed E-state index contributed by atoms with van der Waals surface area (Å²) in [5, 5.41) is 23.4. The van der Waals surface area contributed by atoms with Gasteiger partial charge in [0.05, 0.1) is 35.4 Å². The number of hydrogen-bond donors (Lipinski definition) is 2. The summed E-state index contributed by atoms with van der Waals surface area (Å²) in [7, 11) is 0. The van der Waals surface area contributed by atoms with Gasteiger partial charge in [-0.2, -0.15) is 5.26 Å². The van der Waals surface area contributed by atoms with Crippen molar-refractivity contribution < 1.29 is 14.2 Å². The van der Waals surface area contributed by atoms with Crippen LogP contribution in [0.3, 0.4) is 0 Å². The van der Waals surface area contributed by atoms with Gasteiger partial charge in [-0.25, -0.2) is 9.38 Å². The number of hydrogen-bond acceptors (Lipinski definition) is 7. The number of nitriles is 1. The molecule has 3 N–H and O–H groups in total. The number of phenolic OH excluding ortho intramolecular Hbond substituents is 1. The van der Waals surface area contributed by atoms with Crippen LogP contribution < -0.4 is 16.2 Å². The van der Waals surface area contributed by atoms with Crippen LogP contribution >= 0.6 is 11.3 Å². The van der Waals surface area contributed by atoms with Gasteiger partial charge in [0.2, 0.25) is 0 Å². The Hall–Kier alpha value is -3.48. The summed E-state index contributed by atoms with van der Waals surface area (Å²) in [6.45, 7) is 17.4. The number of halogens is 1. The number of aromatic nitrogens is 1. The Balaban J connectivity index is 0.000000612. The van der Waals surface area contributed by atoms with Gasteiger partial charge < -0.3 is 20.5 Å². The molecule has 2 aliphatic heterocycles. The van der Waals surface area contributed by atoms with Crippen molar-refractivity contribution in [1.82, 2.24) is 9.88 Å². The predicted octanol–water partition coefficient (Wildman–Crippen LogP) is 6.42. The maximum atomic E-state index is 14.7. The monoisotopic (exact) mass is 591 g/mol. The zero-order valence-corrected chi connectivity index (χ0v) is 26.6. The molecule has 0 radical (unpaired) electrons. The molecule has 1 atom stereocenters. The third kappa shape index (κ3) is 6.16. The van der Waals surface area contributed by atoms with Crippen molar-refractivity contribution in [3.63, 3.8) is 0 Å². The van der Waals surface area contributed by atoms with E-state index in [1.54, 1.807) is 0 Å². The summed E-state index contributed by atoms with van der Waals surface area (Å²) in [5.41, 5.74) is 9.55. The number of thiophene rings is 1. The molecule has 9 heteroatoms. The summed E-state index contributed by atoms with van der Waals surface area (Å²) in [6, 6.07) is 2.09. The van der Waals surface area contributed by atoms with Gasteiger partial charge in [-0.1, -0.05) is 46.1 Å². The van der Waals surface area contributed by atoms with Gasteiger partial charge in [0.25, 0.3) is 0 Å². The maximum absolute atomic E-state index is 14.7. The minimum absolute atomic E-state index is 0.0159. The number of amidine groups is 1. The molecule has 4 heterocycles. The number of nitrogens with zero attached hydrogens (tertiary/aromatic N) is 4. The van der Waals surface area contributed by atoms with E-state index in [1.165, 1.54) is 12.8 Å². The van der Waals surface area contributed by atoms with Crippen LogP contribution in [0.5, 0.6) is 5.75 Å². The molecule has 2 aliphatic rings. The molecule has 0 spiro atoms. The first-order valence-corrected chi connectivity index (χ1v) is 15.5. The number of nitrogen functional groups attached to an aromatic ring is 1. The summed E-state index contributed by atoms with van der Waals surface area (Å²) in [4.78, 5) is 11.4. The van der Waals surface area contributed by atoms with Gasteiger partial charge in [-0.3, -0.25) is 4.98 Å². The summed E-state index contributed by atoms with van der Waals surface area (Å²) >= 11 is 1.01. The standard InChI is InChI=1S/C27H28FN5O2S.C6H14/c1-13(2)21-17(8-31-15(4)33-6-5-14(3)10-33)18-11-35-12-19(18)22(25(21)34)24-23-16(7-29)27(30)36-26(23)20(28)9-32-24;1-4-5-6(2)3/h8-9,14,34H,5-6,10-12,30H2,1-4H3;6H,4-5H2,1-3H3/b17-8-,31-15?;. The Labute approximate surface area is 251 Å². The van der Waals surface area contributed by atoms with Crippen molar-refractivity contribution in [3.8, 4) is 23.1 Å². The van der Waals surface area contributed by atoms with E-state index in [0.717, 1.165) is 70.7 Å². The lowest BCUT2D eigenvalue weighted by Crippen LogP contribution is -2.32. The van der Waals surface area contributed by atoms with E-state index in [4.69, 9.17) is 15.5 Å². The second-order valence-corrected chi connectivity index (χ2v) is 13.0. The van der Waals surface area contributed by atoms with Crippen LogP contribution in [0.15, 0.2) is 11.2 Å². The molecule has 2 aromatic heterocycles. The molecule has 1 aromatic carbocycles. The van der Waals surface area contributed by atoms with Crippen LogP contribution in [-0.2, 0) is 18.0 Å². The highest BCUT2D eigenvalue weighted by Crippen LogP contribution is 2.43. The Bertz CT molecular complexity index is 1680. The van der Waals surface area contributed by atoms with E-state index in [1.807, 2.05) is 27.0 Å². The number of aromatic hydroxyl groups is 1. The molecule has 224 valence electrons. The molecule has 0 aliphatic carbocycles. The second-order valence-electron chi connectivity index (χ2n) is 11.9. The van der Waals surface area contributed by atoms with E-state index < -0.39 is 5.82 Å². The first-order chi connectivity index (χ1) is 20.0. The largest absolute Gasteiger partial charge is 0.507 e. The fourth-order valence-electron chi connectivity index (χ4n) is 5.78. The number of benzene rings is 1. The van der Waals surface area contributed by atoms with E-state index >= 15 is 0 Å². The molecule has 1 saturated heterocycles. The molecule has 1 unspecified atom stereocenters. The first-order valence-electron chi connectivity index (χ1n) is 14.7. The van der Waals surface area contributed by atoms with Gasteiger partial charge >= 0.3 is 0 Å². The molecule has 3 aromatic rings. The molecule has 5 rings (SSSR count). The number of anilines is 1. The summed E-state index contributed by atoms with van der Waals surface area (Å²) < 4.78 is 20.7. The fourth-order valence-corrected chi connectivity index (χ4v) is 6.70. The maximum Gasteiger partial charge on any atom is 0.159 e. The third-order valence-corrected chi connectivity index (χ3v) is 8.93. The number of rotatable bonds is 4. The van der Waals surface area contributed by atoms with Crippen LogP contribution in [0, 0.1) is 29.0 Å². The molecule has 0 bridgehead atoms. The van der Waals surface area contributed by atoms with E-state index in [9.17, 15) is 14.8 Å². The normalized spacial score (nSPS) is 17.0. The smallest absolute Gasteiger partial charge is 0.159 e. The second kappa shape index (κ2) is 13.2. The summed E-state index contributed by atoms with van der Waals surface area (Å²) in [5.74, 6) is 1.94. The number of likely N-dealkylation sites (tertiary alicyclic amines) is 1. The van der Waals surface area contributed by atoms with Crippen LogP contribution in [-0.4, -0.2) is 33.9 Å². The van der Waals surface area contributed by atoms with Crippen LogP contribution in [0.1, 0.15) is 84.4 Å². The topological polar surface area (TPSA) is 108 Å². The van der Waals surface area contributed by atoms with Crippen molar-refractivity contribution in [2.24, 2.45) is 16.8 Å². The molecule has 42 heavy (non-hydrogen) atoms. The quantitative estimate of drug-likeness (QED) is 0.268. The number of aliphatic imine (C=N–C) groups is 1. The van der Waals surface area contributed by atoms with Crippen LogP contribution in [0.25, 0.3) is 33.1 Å². The molecular weight excluding hydrogens is 549 g/mol. The molecule has 7 nitrogen and oxygen atoms in total. The van der Waals surface area contributed by atoms with Gasteiger partial charge in [-0.15, -0.1) is 11.3 Å². The number of fused-ring (bicyclic) bond motifs is 2. The van der Waals surface area contributed by atoms with E-state index in [2.05, 4.69) is 43.6 Å². The van der Waals surface area contributed by atoms with Crippen molar-refractivity contribution in [2.75, 3.05) is 18.8 Å². The Morgan fingerprint density at radius 1 is 1.33 bits per heavy atom. The Morgan fingerprint density at radius 3 is 2.62 bits per heavy atom. The van der Waals surface area contributed by atoms with Gasteiger partial charge in [-0.05, 0) is 50.2 Å². The number of nitrogens with two attached hydrogens (primary N) is 1. The molecular formula is C33H42FN5O2S. The molecule has 0 saturated carbocycles. The van der Waals surface area contributed by atoms with Crippen LogP contribution in [0.4, 0.5) is 9.39 Å². The van der Waals surface area contributed by atoms with Crippen molar-refractivity contribution in [2.45, 2.75) is 80.9 Å². The SMILES string of the molecule is CC(=N/C=c1/c2c(c(-c3ncc(F)c4sc(N)c(C#N)c34)c(O)c1=C(C)C)COC2)N1CCC(C)C1.CCCC(C)C. The zero-order chi connectivity index (χ0) is 30.7. The lowest BCUT2D eigenvalue weighted by molar-refractivity contribution is 0.134. The highest BCUT2D eigenvalue weighted by atomic mass is 32.1. The van der Waals surface area contributed by atoms with Gasteiger partial charge in [0.1, 0.15) is 22.7 Å². The van der Waals surface area contributed by atoms with E-state index in [0.29, 0.717) is 34.4 Å². The molecule has 1 fully saturated rings. The highest BCUT2D eigenvalue weighted by Gasteiger charge is 2.28. The van der Waals surface area contributed by atoms with Gasteiger partial charge in [0, 0.05) is 40.7 Å².